The molecule has 7 atom stereocenters. The largest absolute Gasteiger partial charge is 0.494 e. The SMILES string of the molecule is C=CCN(C(=O)[C@H]1[C@@H]2OC3(CC2Br)C(C(=O)N(CC=C)c2ccccc2Cl)N([C@@H](CO)CC(C)C)C(=O)[C@H]13)c1ccc(OCC)cc1. The smallest absolute Gasteiger partial charge is 0.253 e. The maximum Gasteiger partial charge on any atom is 0.253 e. The predicted molar refractivity (Wildman–Crippen MR) is 187 cm³/mol. The van der Waals surface area contributed by atoms with Crippen LogP contribution in [0.3, 0.4) is 0 Å². The number of carbonyl (C=O) groups excluding carboxylic acids is 3. The van der Waals surface area contributed by atoms with E-state index in [1.165, 1.54) is 9.80 Å². The molecule has 3 unspecified atom stereocenters. The lowest BCUT2D eigenvalue weighted by molar-refractivity contribution is -0.144. The first-order valence-corrected chi connectivity index (χ1v) is 17.4. The molecule has 11 heteroatoms. The maximum atomic E-state index is 14.9. The first-order valence-electron chi connectivity index (χ1n) is 16.1. The molecule has 9 nitrogen and oxygen atoms in total. The molecule has 2 aromatic rings. The average Bonchev–Trinajstić information content (AvgIpc) is 3.65. The molecule has 3 aliphatic rings. The highest BCUT2D eigenvalue weighted by molar-refractivity contribution is 9.09. The van der Waals surface area contributed by atoms with Crippen molar-refractivity contribution in [3.63, 3.8) is 0 Å². The number of fused-ring (bicyclic) bond motifs is 1. The molecule has 3 amide bonds. The van der Waals surface area contributed by atoms with E-state index in [0.717, 1.165) is 0 Å². The molecule has 3 heterocycles. The zero-order valence-electron chi connectivity index (χ0n) is 27.1. The zero-order chi connectivity index (χ0) is 34.0. The molecular formula is C36H43BrClN3O6. The number of aliphatic hydroxyl groups is 1. The molecule has 5 rings (SSSR count). The fourth-order valence-electron chi connectivity index (χ4n) is 7.62. The van der Waals surface area contributed by atoms with Crippen LogP contribution < -0.4 is 14.5 Å². The number of alkyl halides is 1. The number of hydrogen-bond donors (Lipinski definition) is 1. The number of aliphatic hydroxyl groups excluding tert-OH is 1. The minimum absolute atomic E-state index is 0.114. The highest BCUT2D eigenvalue weighted by Crippen LogP contribution is 2.61. The molecule has 2 aromatic carbocycles. The summed E-state index contributed by atoms with van der Waals surface area (Å²) < 4.78 is 12.4. The third kappa shape index (κ3) is 6.25. The second kappa shape index (κ2) is 14.5. The molecule has 1 spiro atoms. The van der Waals surface area contributed by atoms with Gasteiger partial charge in [0.15, 0.2) is 0 Å². The summed E-state index contributed by atoms with van der Waals surface area (Å²) in [6.45, 7) is 14.1. The van der Waals surface area contributed by atoms with Crippen LogP contribution in [0.15, 0.2) is 73.8 Å². The van der Waals surface area contributed by atoms with E-state index >= 15 is 0 Å². The van der Waals surface area contributed by atoms with E-state index in [1.807, 2.05) is 20.8 Å². The summed E-state index contributed by atoms with van der Waals surface area (Å²) in [7, 11) is 0. The van der Waals surface area contributed by atoms with Gasteiger partial charge in [-0.15, -0.1) is 13.2 Å². The van der Waals surface area contributed by atoms with E-state index in [2.05, 4.69) is 29.1 Å². The lowest BCUT2D eigenvalue weighted by atomic mass is 9.70. The minimum Gasteiger partial charge on any atom is -0.494 e. The van der Waals surface area contributed by atoms with Gasteiger partial charge in [-0.2, -0.15) is 0 Å². The number of amides is 3. The van der Waals surface area contributed by atoms with Crippen molar-refractivity contribution in [1.82, 2.24) is 4.90 Å². The van der Waals surface area contributed by atoms with Crippen molar-refractivity contribution in [2.24, 2.45) is 17.8 Å². The fraction of sp³-hybridized carbons (Fsp3) is 0.472. The lowest BCUT2D eigenvalue weighted by Crippen LogP contribution is -2.59. The Bertz CT molecular complexity index is 1500. The summed E-state index contributed by atoms with van der Waals surface area (Å²) >= 11 is 10.4. The van der Waals surface area contributed by atoms with Crippen LogP contribution in [-0.2, 0) is 19.1 Å². The van der Waals surface area contributed by atoms with Crippen LogP contribution in [0.1, 0.15) is 33.6 Å². The van der Waals surface area contributed by atoms with Gasteiger partial charge < -0.3 is 29.3 Å². The van der Waals surface area contributed by atoms with Crippen molar-refractivity contribution in [3.8, 4) is 5.75 Å². The third-order valence-corrected chi connectivity index (χ3v) is 10.5. The third-order valence-electron chi connectivity index (χ3n) is 9.35. The molecule has 47 heavy (non-hydrogen) atoms. The van der Waals surface area contributed by atoms with Crippen LogP contribution >= 0.6 is 27.5 Å². The van der Waals surface area contributed by atoms with Crippen LogP contribution in [0.5, 0.6) is 5.75 Å². The van der Waals surface area contributed by atoms with Gasteiger partial charge in [-0.3, -0.25) is 14.4 Å². The van der Waals surface area contributed by atoms with E-state index in [-0.39, 0.29) is 42.3 Å². The molecule has 2 bridgehead atoms. The molecule has 252 valence electrons. The van der Waals surface area contributed by atoms with Crippen molar-refractivity contribution >= 4 is 56.6 Å². The van der Waals surface area contributed by atoms with Gasteiger partial charge in [0.2, 0.25) is 11.8 Å². The van der Waals surface area contributed by atoms with Gasteiger partial charge in [0.25, 0.3) is 5.91 Å². The Hall–Kier alpha value is -3.18. The lowest BCUT2D eigenvalue weighted by Gasteiger charge is -2.40. The van der Waals surface area contributed by atoms with E-state index < -0.39 is 41.5 Å². The Kier molecular flexibility index (Phi) is 10.9. The Morgan fingerprint density at radius 1 is 1.13 bits per heavy atom. The Balaban J connectivity index is 1.62. The highest BCUT2D eigenvalue weighted by atomic mass is 79.9. The predicted octanol–water partition coefficient (Wildman–Crippen LogP) is 5.63. The van der Waals surface area contributed by atoms with Crippen LogP contribution in [-0.4, -0.2) is 82.6 Å². The summed E-state index contributed by atoms with van der Waals surface area (Å²) in [6, 6.07) is 12.4. The highest BCUT2D eigenvalue weighted by Gasteiger charge is 2.77. The van der Waals surface area contributed by atoms with Crippen LogP contribution in [0.2, 0.25) is 5.02 Å². The van der Waals surface area contributed by atoms with Gasteiger partial charge in [0.05, 0.1) is 47.9 Å². The number of benzene rings is 2. The van der Waals surface area contributed by atoms with Gasteiger partial charge in [-0.25, -0.2) is 0 Å². The zero-order valence-corrected chi connectivity index (χ0v) is 29.4. The topological polar surface area (TPSA) is 99.6 Å². The van der Waals surface area contributed by atoms with Crippen molar-refractivity contribution < 1.29 is 29.0 Å². The molecule has 3 aliphatic heterocycles. The van der Waals surface area contributed by atoms with E-state index in [1.54, 1.807) is 65.6 Å². The van der Waals surface area contributed by atoms with Gasteiger partial charge in [-0.05, 0) is 62.1 Å². The number of anilines is 2. The van der Waals surface area contributed by atoms with Gasteiger partial charge in [0, 0.05) is 23.6 Å². The number of para-hydroxylation sites is 1. The number of nitrogens with zero attached hydrogens (tertiary/aromatic N) is 3. The molecule has 0 aromatic heterocycles. The molecule has 0 saturated carbocycles. The molecule has 0 radical (unpaired) electrons. The Morgan fingerprint density at radius 2 is 1.79 bits per heavy atom. The number of halogens is 2. The standard InChI is InChI=1S/C36H43BrClN3O6/c1-6-17-39(23-13-15-25(16-14-23)46-8-3)33(43)29-30-34(44)41(24(21-42)19-22(4)5)32(36(30)20-26(37)31(29)47-36)35(45)40(18-7-2)28-12-10-9-11-27(28)38/h6-7,9-16,22,24,26,29-32,42H,1-2,8,17-21H2,3-5H3/t24-,26?,29-,30+,31-,32?,36?/m1/s1. The summed E-state index contributed by atoms with van der Waals surface area (Å²) in [5.74, 6) is -2.12. The van der Waals surface area contributed by atoms with Crippen LogP contribution in [0, 0.1) is 17.8 Å². The Labute approximate surface area is 290 Å². The molecular weight excluding hydrogens is 686 g/mol. The first kappa shape index (κ1) is 35.1. The van der Waals surface area contributed by atoms with Crippen LogP contribution in [0.4, 0.5) is 11.4 Å². The number of rotatable bonds is 14. The number of likely N-dealkylation sites (tertiary alicyclic amines) is 1. The van der Waals surface area contributed by atoms with Crippen molar-refractivity contribution in [2.75, 3.05) is 36.1 Å². The van der Waals surface area contributed by atoms with Gasteiger partial charge in [0.1, 0.15) is 17.4 Å². The molecule has 3 saturated heterocycles. The summed E-state index contributed by atoms with van der Waals surface area (Å²) in [6.07, 6.45) is 3.37. The minimum atomic E-state index is -1.32. The second-order valence-electron chi connectivity index (χ2n) is 12.7. The van der Waals surface area contributed by atoms with Crippen LogP contribution in [0.25, 0.3) is 0 Å². The fourth-order valence-corrected chi connectivity index (χ4v) is 8.80. The molecule has 3 fully saturated rings. The van der Waals surface area contributed by atoms with Crippen molar-refractivity contribution in [2.45, 2.75) is 62.2 Å². The monoisotopic (exact) mass is 727 g/mol. The van der Waals surface area contributed by atoms with Crippen molar-refractivity contribution in [1.29, 1.82) is 0 Å². The summed E-state index contributed by atoms with van der Waals surface area (Å²) in [4.78, 5) is 48.7. The quantitative estimate of drug-likeness (QED) is 0.200. The summed E-state index contributed by atoms with van der Waals surface area (Å²) in [5.41, 5.74) is -0.226. The van der Waals surface area contributed by atoms with Crippen molar-refractivity contribution in [3.05, 3.63) is 78.9 Å². The van der Waals surface area contributed by atoms with E-state index in [4.69, 9.17) is 21.1 Å². The normalized spacial score (nSPS) is 26.7. The number of carbonyl (C=O) groups is 3. The van der Waals surface area contributed by atoms with E-state index in [9.17, 15) is 19.5 Å². The number of ether oxygens (including phenoxy) is 2. The summed E-state index contributed by atoms with van der Waals surface area (Å²) in [5, 5.41) is 11.0. The van der Waals surface area contributed by atoms with Gasteiger partial charge >= 0.3 is 0 Å². The average molecular weight is 729 g/mol. The van der Waals surface area contributed by atoms with E-state index in [0.29, 0.717) is 41.6 Å². The van der Waals surface area contributed by atoms with Gasteiger partial charge in [-0.1, -0.05) is 65.7 Å². The second-order valence-corrected chi connectivity index (χ2v) is 14.3. The maximum absolute atomic E-state index is 14.9. The Morgan fingerprint density at radius 3 is 2.38 bits per heavy atom. The number of hydrogen-bond acceptors (Lipinski definition) is 6. The molecule has 0 aliphatic carbocycles. The first-order chi connectivity index (χ1) is 22.5. The molecule has 1 N–H and O–H groups in total.